The van der Waals surface area contributed by atoms with E-state index in [-0.39, 0.29) is 5.54 Å². The number of para-hydroxylation sites is 1. The molecule has 1 aliphatic carbocycles. The molecule has 1 heterocycles. The Balaban J connectivity index is 1.86. The zero-order valence-corrected chi connectivity index (χ0v) is 10.8. The third kappa shape index (κ3) is 2.18. The van der Waals surface area contributed by atoms with Crippen molar-refractivity contribution in [3.05, 3.63) is 29.8 Å². The van der Waals surface area contributed by atoms with Crippen molar-refractivity contribution in [2.24, 2.45) is 5.73 Å². The van der Waals surface area contributed by atoms with Gasteiger partial charge in [0.05, 0.1) is 0 Å². The second kappa shape index (κ2) is 4.54. The summed E-state index contributed by atoms with van der Waals surface area (Å²) in [5.41, 5.74) is 7.60. The lowest BCUT2D eigenvalue weighted by atomic mass is 9.88. The largest absolute Gasteiger partial charge is 0.488 e. The van der Waals surface area contributed by atoms with Gasteiger partial charge in [-0.25, -0.2) is 0 Å². The smallest absolute Gasteiger partial charge is 0.124 e. The molecule has 0 radical (unpaired) electrons. The van der Waals surface area contributed by atoms with Crippen molar-refractivity contribution < 1.29 is 4.74 Å². The van der Waals surface area contributed by atoms with Crippen molar-refractivity contribution in [2.75, 3.05) is 11.5 Å². The normalized spacial score (nSPS) is 23.4. The van der Waals surface area contributed by atoms with Gasteiger partial charge in [-0.15, -0.1) is 0 Å². The van der Waals surface area contributed by atoms with Gasteiger partial charge >= 0.3 is 0 Å². The summed E-state index contributed by atoms with van der Waals surface area (Å²) < 4.78 is 6.06. The lowest BCUT2D eigenvalue weighted by Gasteiger charge is -2.31. The van der Waals surface area contributed by atoms with Gasteiger partial charge in [0.25, 0.3) is 0 Å². The highest BCUT2D eigenvalue weighted by atomic mass is 32.2. The lowest BCUT2D eigenvalue weighted by molar-refractivity contribution is 0.232. The fourth-order valence-corrected chi connectivity index (χ4v) is 3.28. The van der Waals surface area contributed by atoms with Gasteiger partial charge in [0.15, 0.2) is 0 Å². The summed E-state index contributed by atoms with van der Waals surface area (Å²) in [4.78, 5) is 0. The Hall–Kier alpha value is -0.670. The van der Waals surface area contributed by atoms with Crippen LogP contribution in [0.15, 0.2) is 24.3 Å². The Morgan fingerprint density at radius 2 is 1.88 bits per heavy atom. The molecule has 1 aromatic carbocycles. The second-order valence-electron chi connectivity index (χ2n) is 5.14. The van der Waals surface area contributed by atoms with E-state index in [4.69, 9.17) is 10.5 Å². The Labute approximate surface area is 107 Å². The predicted octanol–water partition coefficient (Wildman–Crippen LogP) is 2.91. The number of nitrogens with two attached hydrogens (primary N) is 1. The molecule has 2 aliphatic rings. The summed E-state index contributed by atoms with van der Waals surface area (Å²) in [7, 11) is 0. The molecule has 1 aromatic rings. The first kappa shape index (κ1) is 11.4. The van der Waals surface area contributed by atoms with Gasteiger partial charge in [-0.2, -0.15) is 11.8 Å². The Kier molecular flexibility index (Phi) is 3.05. The second-order valence-corrected chi connectivity index (χ2v) is 6.21. The zero-order chi connectivity index (χ0) is 11.7. The fraction of sp³-hybridized carbons (Fsp3) is 0.571. The van der Waals surface area contributed by atoms with Crippen molar-refractivity contribution in [1.29, 1.82) is 0 Å². The molecule has 2 N–H and O–H groups in total. The Morgan fingerprint density at radius 1 is 1.18 bits per heavy atom. The average Bonchev–Trinajstić information content (AvgIpc) is 2.72. The summed E-state index contributed by atoms with van der Waals surface area (Å²) in [5, 5.41) is 0. The van der Waals surface area contributed by atoms with E-state index in [1.54, 1.807) is 0 Å². The summed E-state index contributed by atoms with van der Waals surface area (Å²) >= 11 is 1.95. The van der Waals surface area contributed by atoms with Crippen LogP contribution < -0.4 is 10.5 Å². The maximum absolute atomic E-state index is 6.53. The van der Waals surface area contributed by atoms with E-state index in [9.17, 15) is 0 Å². The van der Waals surface area contributed by atoms with Gasteiger partial charge in [0.2, 0.25) is 0 Å². The highest BCUT2D eigenvalue weighted by Gasteiger charge is 2.34. The molecule has 3 rings (SSSR count). The van der Waals surface area contributed by atoms with Crippen LogP contribution in [0.1, 0.15) is 31.2 Å². The predicted molar refractivity (Wildman–Crippen MR) is 72.5 cm³/mol. The van der Waals surface area contributed by atoms with Crippen LogP contribution in [0.5, 0.6) is 5.75 Å². The molecule has 0 atom stereocenters. The highest BCUT2D eigenvalue weighted by Crippen LogP contribution is 2.41. The topological polar surface area (TPSA) is 35.2 Å². The highest BCUT2D eigenvalue weighted by molar-refractivity contribution is 8.00. The third-order valence-corrected chi connectivity index (χ3v) is 5.04. The number of ether oxygens (including phenoxy) is 1. The Morgan fingerprint density at radius 3 is 2.53 bits per heavy atom. The SMILES string of the molecule is NC1(c2ccccc2OC2CSC2)CCCC1. The molecule has 3 heteroatoms. The number of hydrogen-bond donors (Lipinski definition) is 1. The molecule has 17 heavy (non-hydrogen) atoms. The first-order chi connectivity index (χ1) is 8.28. The minimum absolute atomic E-state index is 0.145. The third-order valence-electron chi connectivity index (χ3n) is 3.82. The van der Waals surface area contributed by atoms with Crippen molar-refractivity contribution in [3.8, 4) is 5.75 Å². The summed E-state index contributed by atoms with van der Waals surface area (Å²) in [5.74, 6) is 3.25. The molecule has 2 nitrogen and oxygen atoms in total. The van der Waals surface area contributed by atoms with Crippen molar-refractivity contribution >= 4 is 11.8 Å². The van der Waals surface area contributed by atoms with E-state index in [1.807, 2.05) is 17.8 Å². The first-order valence-electron chi connectivity index (χ1n) is 6.41. The molecular weight excluding hydrogens is 230 g/mol. The van der Waals surface area contributed by atoms with Gasteiger partial charge in [-0.05, 0) is 18.9 Å². The minimum atomic E-state index is -0.145. The molecule has 2 fully saturated rings. The molecule has 0 spiro atoms. The first-order valence-corrected chi connectivity index (χ1v) is 7.56. The van der Waals surface area contributed by atoms with Crippen LogP contribution in [0.3, 0.4) is 0 Å². The van der Waals surface area contributed by atoms with Gasteiger partial charge in [0.1, 0.15) is 11.9 Å². The lowest BCUT2D eigenvalue weighted by Crippen LogP contribution is -2.36. The maximum Gasteiger partial charge on any atom is 0.124 e. The van der Waals surface area contributed by atoms with Crippen molar-refractivity contribution in [1.82, 2.24) is 0 Å². The van der Waals surface area contributed by atoms with E-state index in [0.29, 0.717) is 6.10 Å². The molecule has 1 saturated heterocycles. The standard InChI is InChI=1S/C14H19NOS/c15-14(7-3-4-8-14)12-5-1-2-6-13(12)16-11-9-17-10-11/h1-2,5-6,11H,3-4,7-10,15H2. The number of benzene rings is 1. The van der Waals surface area contributed by atoms with Crippen LogP contribution in [-0.4, -0.2) is 17.6 Å². The van der Waals surface area contributed by atoms with Crippen LogP contribution in [0.4, 0.5) is 0 Å². The van der Waals surface area contributed by atoms with Crippen molar-refractivity contribution in [3.63, 3.8) is 0 Å². The number of hydrogen-bond acceptors (Lipinski definition) is 3. The van der Waals surface area contributed by atoms with E-state index < -0.39 is 0 Å². The molecule has 1 aliphatic heterocycles. The summed E-state index contributed by atoms with van der Waals surface area (Å²) in [6.07, 6.45) is 5.06. The zero-order valence-electron chi connectivity index (χ0n) is 10.0. The van der Waals surface area contributed by atoms with Crippen molar-refractivity contribution in [2.45, 2.75) is 37.3 Å². The van der Waals surface area contributed by atoms with Crippen LogP contribution in [0.25, 0.3) is 0 Å². The maximum atomic E-state index is 6.53. The van der Waals surface area contributed by atoms with Gasteiger partial charge in [0, 0.05) is 22.6 Å². The minimum Gasteiger partial charge on any atom is -0.488 e. The monoisotopic (exact) mass is 249 g/mol. The molecular formula is C14H19NOS. The van der Waals surface area contributed by atoms with Gasteiger partial charge in [-0.3, -0.25) is 0 Å². The van der Waals surface area contributed by atoms with Crippen LogP contribution >= 0.6 is 11.8 Å². The number of thioether (sulfide) groups is 1. The van der Waals surface area contributed by atoms with E-state index >= 15 is 0 Å². The number of rotatable bonds is 3. The van der Waals surface area contributed by atoms with Crippen LogP contribution in [-0.2, 0) is 5.54 Å². The van der Waals surface area contributed by atoms with Gasteiger partial charge < -0.3 is 10.5 Å². The molecule has 92 valence electrons. The van der Waals surface area contributed by atoms with E-state index in [1.165, 1.54) is 18.4 Å². The quantitative estimate of drug-likeness (QED) is 0.894. The van der Waals surface area contributed by atoms with E-state index in [2.05, 4.69) is 18.2 Å². The average molecular weight is 249 g/mol. The van der Waals surface area contributed by atoms with Gasteiger partial charge in [-0.1, -0.05) is 31.0 Å². The molecule has 0 bridgehead atoms. The van der Waals surface area contributed by atoms with E-state index in [0.717, 1.165) is 30.1 Å². The molecule has 0 amide bonds. The molecule has 0 unspecified atom stereocenters. The van der Waals surface area contributed by atoms with Crippen LogP contribution in [0.2, 0.25) is 0 Å². The summed E-state index contributed by atoms with van der Waals surface area (Å²) in [6, 6.07) is 8.34. The molecule has 1 saturated carbocycles. The molecule has 0 aromatic heterocycles. The van der Waals surface area contributed by atoms with Crippen LogP contribution in [0, 0.1) is 0 Å². The Bertz CT molecular complexity index is 397. The fourth-order valence-electron chi connectivity index (χ4n) is 2.72. The summed E-state index contributed by atoms with van der Waals surface area (Å²) in [6.45, 7) is 0.